The molecule has 2 aliphatic heterocycles. The average Bonchev–Trinajstić information content (AvgIpc) is 2.95. The van der Waals surface area contributed by atoms with Crippen molar-refractivity contribution in [3.05, 3.63) is 75.7 Å². The Morgan fingerprint density at radius 1 is 1.00 bits per heavy atom. The number of hydrogen-bond acceptors (Lipinski definition) is 6. The number of carbonyl (C=O) groups is 1. The van der Waals surface area contributed by atoms with E-state index in [1.807, 2.05) is 23.8 Å². The maximum absolute atomic E-state index is 15.7. The molecule has 2 fully saturated rings. The molecule has 3 aromatic rings. The lowest BCUT2D eigenvalue weighted by Crippen LogP contribution is -2.50. The maximum Gasteiger partial charge on any atom is 0.264 e. The summed E-state index contributed by atoms with van der Waals surface area (Å²) >= 11 is 0. The molecule has 2 aliphatic rings. The number of nitrogens with zero attached hydrogens (tertiary/aromatic N) is 3. The first-order chi connectivity index (χ1) is 19.6. The fourth-order valence-corrected chi connectivity index (χ4v) is 5.20. The molecule has 1 amide bonds. The highest BCUT2D eigenvalue weighted by molar-refractivity contribution is 6.07. The van der Waals surface area contributed by atoms with Gasteiger partial charge in [-0.05, 0) is 43.8 Å². The van der Waals surface area contributed by atoms with Gasteiger partial charge in [0.05, 0.1) is 35.8 Å². The van der Waals surface area contributed by atoms with Crippen molar-refractivity contribution in [3.63, 3.8) is 0 Å². The van der Waals surface area contributed by atoms with Crippen LogP contribution in [0.1, 0.15) is 29.3 Å². The van der Waals surface area contributed by atoms with Crippen molar-refractivity contribution < 1.29 is 27.1 Å². The summed E-state index contributed by atoms with van der Waals surface area (Å²) < 4.78 is 63.5. The van der Waals surface area contributed by atoms with Gasteiger partial charge in [-0.25, -0.2) is 17.6 Å². The van der Waals surface area contributed by atoms with Gasteiger partial charge in [0.25, 0.3) is 12.3 Å². The molecule has 8 nitrogen and oxygen atoms in total. The van der Waals surface area contributed by atoms with E-state index in [0.29, 0.717) is 63.4 Å². The number of hydrogen-bond donors (Lipinski definition) is 2. The van der Waals surface area contributed by atoms with E-state index in [2.05, 4.69) is 15.2 Å². The predicted octanol–water partition coefficient (Wildman–Crippen LogP) is 4.49. The van der Waals surface area contributed by atoms with Gasteiger partial charge in [-0.15, -0.1) is 0 Å². The first kappa shape index (κ1) is 28.6. The van der Waals surface area contributed by atoms with Gasteiger partial charge in [0.2, 0.25) is 5.56 Å². The van der Waals surface area contributed by atoms with E-state index in [0.717, 1.165) is 6.20 Å². The summed E-state index contributed by atoms with van der Waals surface area (Å²) in [4.78, 5) is 33.0. The van der Waals surface area contributed by atoms with Crippen molar-refractivity contribution in [1.29, 1.82) is 0 Å². The summed E-state index contributed by atoms with van der Waals surface area (Å²) in [5, 5.41) is 2.65. The smallest absolute Gasteiger partial charge is 0.264 e. The normalized spacial score (nSPS) is 18.2. The van der Waals surface area contributed by atoms with Crippen molar-refractivity contribution in [3.8, 4) is 11.1 Å². The molecule has 0 spiro atoms. The van der Waals surface area contributed by atoms with Gasteiger partial charge >= 0.3 is 0 Å². The number of rotatable bonds is 6. The van der Waals surface area contributed by atoms with Crippen LogP contribution in [-0.2, 0) is 4.74 Å². The number of aromatic nitrogens is 1. The van der Waals surface area contributed by atoms with Crippen molar-refractivity contribution in [2.75, 3.05) is 68.1 Å². The van der Waals surface area contributed by atoms with E-state index in [4.69, 9.17) is 4.74 Å². The van der Waals surface area contributed by atoms with E-state index in [1.54, 1.807) is 12.1 Å². The zero-order valence-electron chi connectivity index (χ0n) is 22.7. The Labute approximate surface area is 234 Å². The van der Waals surface area contributed by atoms with Crippen LogP contribution in [-0.4, -0.2) is 74.8 Å². The Morgan fingerprint density at radius 3 is 2.44 bits per heavy atom. The van der Waals surface area contributed by atoms with Crippen LogP contribution < -0.4 is 20.7 Å². The summed E-state index contributed by atoms with van der Waals surface area (Å²) in [7, 11) is 1.98. The predicted molar refractivity (Wildman–Crippen MR) is 149 cm³/mol. The molecule has 1 aromatic heterocycles. The molecule has 0 bridgehead atoms. The Kier molecular flexibility index (Phi) is 8.32. The number of pyridine rings is 1. The molecule has 2 N–H and O–H groups in total. The number of morpholine rings is 1. The van der Waals surface area contributed by atoms with Crippen molar-refractivity contribution in [2.24, 2.45) is 0 Å². The third-order valence-corrected chi connectivity index (χ3v) is 7.68. The number of nitrogens with one attached hydrogen (secondary N) is 2. The number of likely N-dealkylation sites (N-methyl/N-ethyl adjacent to an activating group) is 1. The molecule has 218 valence electrons. The van der Waals surface area contributed by atoms with Gasteiger partial charge < -0.3 is 29.7 Å². The second kappa shape index (κ2) is 11.9. The second-order valence-electron chi connectivity index (χ2n) is 10.3. The number of aromatic amines is 1. The van der Waals surface area contributed by atoms with E-state index < -0.39 is 40.7 Å². The molecule has 0 aliphatic carbocycles. The van der Waals surface area contributed by atoms with Crippen LogP contribution in [0.3, 0.4) is 0 Å². The zero-order valence-corrected chi connectivity index (χ0v) is 22.7. The number of carbonyl (C=O) groups excluding carboxylic acids is 1. The Bertz CT molecular complexity index is 1490. The third kappa shape index (κ3) is 6.08. The highest BCUT2D eigenvalue weighted by Crippen LogP contribution is 2.37. The van der Waals surface area contributed by atoms with E-state index in [1.165, 1.54) is 18.2 Å². The summed E-state index contributed by atoms with van der Waals surface area (Å²) in [6, 6.07) is 7.90. The van der Waals surface area contributed by atoms with Gasteiger partial charge in [-0.2, -0.15) is 0 Å². The van der Waals surface area contributed by atoms with Gasteiger partial charge in [0.15, 0.2) is 0 Å². The van der Waals surface area contributed by atoms with Crippen LogP contribution in [0.4, 0.5) is 34.6 Å². The average molecular weight is 574 g/mol. The largest absolute Gasteiger partial charge is 0.378 e. The van der Waals surface area contributed by atoms with E-state index in [-0.39, 0.29) is 22.9 Å². The van der Waals surface area contributed by atoms with Crippen molar-refractivity contribution in [2.45, 2.75) is 19.4 Å². The maximum atomic E-state index is 15.7. The highest BCUT2D eigenvalue weighted by Gasteiger charge is 2.27. The molecule has 41 heavy (non-hydrogen) atoms. The standard InChI is InChI=1S/C29H31F4N5O3/c1-17-16-38(6-5-36(17)2)26-14-22(30)19(18-3-4-25(23(31)11-18)37-7-9-41-10-8-37)12-24(26)35-29(40)21-15-34-27(39)13-20(21)28(32)33/h3-4,11-15,17,28H,5-10,16H2,1-2H3,(H,34,39)(H,35,40)/t17-/m1/s1. The Balaban J connectivity index is 1.54. The van der Waals surface area contributed by atoms with Crippen molar-refractivity contribution >= 4 is 23.0 Å². The molecule has 3 heterocycles. The molecule has 2 aromatic carbocycles. The number of anilines is 3. The number of amides is 1. The summed E-state index contributed by atoms with van der Waals surface area (Å²) in [6.07, 6.45) is -2.13. The quantitative estimate of drug-likeness (QED) is 0.424. The molecular formula is C29H31F4N5O3. The molecule has 0 unspecified atom stereocenters. The molecule has 1 atom stereocenters. The minimum absolute atomic E-state index is 0.0363. The minimum atomic E-state index is -3.06. The second-order valence-corrected chi connectivity index (χ2v) is 10.3. The van der Waals surface area contributed by atoms with Crippen LogP contribution in [0.5, 0.6) is 0 Å². The van der Waals surface area contributed by atoms with Crippen LogP contribution in [0.15, 0.2) is 47.4 Å². The lowest BCUT2D eigenvalue weighted by atomic mass is 10.0. The zero-order chi connectivity index (χ0) is 29.3. The number of piperazine rings is 1. The van der Waals surface area contributed by atoms with Gasteiger partial charge in [-0.1, -0.05) is 6.07 Å². The first-order valence-corrected chi connectivity index (χ1v) is 13.4. The molecule has 5 rings (SSSR count). The Morgan fingerprint density at radius 2 is 1.76 bits per heavy atom. The van der Waals surface area contributed by atoms with E-state index in [9.17, 15) is 18.4 Å². The SMILES string of the molecule is C[C@@H]1CN(c2cc(F)c(-c3ccc(N4CCOCC4)c(F)c3)cc2NC(=O)c2c[nH]c(=O)cc2C(F)F)CCN1C. The molecule has 0 saturated carbocycles. The lowest BCUT2D eigenvalue weighted by molar-refractivity contribution is 0.101. The summed E-state index contributed by atoms with van der Waals surface area (Å²) in [5.74, 6) is -2.05. The molecular weight excluding hydrogens is 542 g/mol. The monoisotopic (exact) mass is 573 g/mol. The number of H-pyrrole nitrogens is 1. The molecule has 12 heteroatoms. The van der Waals surface area contributed by atoms with Crippen LogP contribution >= 0.6 is 0 Å². The van der Waals surface area contributed by atoms with Gasteiger partial charge in [-0.3, -0.25) is 9.59 Å². The highest BCUT2D eigenvalue weighted by atomic mass is 19.3. The first-order valence-electron chi connectivity index (χ1n) is 13.4. The third-order valence-electron chi connectivity index (χ3n) is 7.68. The topological polar surface area (TPSA) is 80.9 Å². The summed E-state index contributed by atoms with van der Waals surface area (Å²) in [6.45, 7) is 5.79. The number of ether oxygens (including phenoxy) is 1. The van der Waals surface area contributed by atoms with Gasteiger partial charge in [0, 0.05) is 62.2 Å². The Hall–Kier alpha value is -3.90. The minimum Gasteiger partial charge on any atom is -0.378 e. The number of benzene rings is 2. The number of halogens is 4. The van der Waals surface area contributed by atoms with E-state index >= 15 is 8.78 Å². The lowest BCUT2D eigenvalue weighted by Gasteiger charge is -2.39. The van der Waals surface area contributed by atoms with Crippen LogP contribution in [0.25, 0.3) is 11.1 Å². The fourth-order valence-electron chi connectivity index (χ4n) is 5.20. The number of alkyl halides is 2. The fraction of sp³-hybridized carbons (Fsp3) is 0.379. The van der Waals surface area contributed by atoms with Gasteiger partial charge in [0.1, 0.15) is 11.6 Å². The van der Waals surface area contributed by atoms with Crippen molar-refractivity contribution in [1.82, 2.24) is 9.88 Å². The molecule has 2 saturated heterocycles. The van der Waals surface area contributed by atoms with Crippen LogP contribution in [0, 0.1) is 11.6 Å². The van der Waals surface area contributed by atoms with Crippen LogP contribution in [0.2, 0.25) is 0 Å². The summed E-state index contributed by atoms with van der Waals surface area (Å²) in [5.41, 5.74) is -0.687. The molecule has 0 radical (unpaired) electrons.